The number of nitrogens with two attached hydrogens (primary N) is 1. The van der Waals surface area contributed by atoms with Crippen molar-refractivity contribution in [1.29, 1.82) is 0 Å². The Morgan fingerprint density at radius 2 is 2.12 bits per heavy atom. The number of primary amides is 1. The van der Waals surface area contributed by atoms with Crippen molar-refractivity contribution in [2.24, 2.45) is 5.73 Å². The molecule has 1 aromatic carbocycles. The third-order valence-corrected chi connectivity index (χ3v) is 3.97. The van der Waals surface area contributed by atoms with Crippen LogP contribution in [-0.4, -0.2) is 55.2 Å². The van der Waals surface area contributed by atoms with E-state index in [2.05, 4.69) is 0 Å². The van der Waals surface area contributed by atoms with Crippen molar-refractivity contribution in [3.05, 3.63) is 22.7 Å². The quantitative estimate of drug-likeness (QED) is 0.854. The Labute approximate surface area is 152 Å². The van der Waals surface area contributed by atoms with Gasteiger partial charge in [0.25, 0.3) is 11.8 Å². The fourth-order valence-corrected chi connectivity index (χ4v) is 3.18. The fourth-order valence-electron chi connectivity index (χ4n) is 2.92. The van der Waals surface area contributed by atoms with Crippen LogP contribution in [0.3, 0.4) is 0 Å². The van der Waals surface area contributed by atoms with E-state index in [-0.39, 0.29) is 35.1 Å². The van der Waals surface area contributed by atoms with Crippen LogP contribution in [0.2, 0.25) is 5.02 Å². The number of morpholine rings is 1. The van der Waals surface area contributed by atoms with E-state index in [1.165, 1.54) is 19.2 Å². The first kappa shape index (κ1) is 19.3. The number of carbonyl (C=O) groups is 2. The van der Waals surface area contributed by atoms with E-state index in [0.29, 0.717) is 18.7 Å². The Morgan fingerprint density at radius 1 is 1.44 bits per heavy atom. The summed E-state index contributed by atoms with van der Waals surface area (Å²) < 4.78 is 16.3. The summed E-state index contributed by atoms with van der Waals surface area (Å²) >= 11 is 6.21. The highest BCUT2D eigenvalue weighted by Crippen LogP contribution is 2.37. The molecule has 1 aromatic rings. The number of hydrogen-bond acceptors (Lipinski definition) is 5. The molecular weight excluding hydrogens is 348 g/mol. The molecule has 1 aliphatic heterocycles. The number of rotatable bonds is 5. The van der Waals surface area contributed by atoms with Crippen molar-refractivity contribution in [3.8, 4) is 11.5 Å². The number of methoxy groups -OCH3 is 1. The van der Waals surface area contributed by atoms with Crippen molar-refractivity contribution >= 4 is 23.4 Å². The Bertz CT molecular complexity index is 677. The normalized spacial score (nSPS) is 19.4. The predicted octanol–water partition coefficient (Wildman–Crippen LogP) is 1.85. The molecular formula is C17H23ClN2O5. The number of carbonyl (C=O) groups excluding carboxylic acids is 2. The zero-order valence-electron chi connectivity index (χ0n) is 14.8. The summed E-state index contributed by atoms with van der Waals surface area (Å²) in [7, 11) is 1.43. The summed E-state index contributed by atoms with van der Waals surface area (Å²) in [5, 5.41) is 0.171. The van der Waals surface area contributed by atoms with Crippen molar-refractivity contribution < 1.29 is 23.8 Å². The molecule has 0 bridgehead atoms. The molecule has 1 heterocycles. The van der Waals surface area contributed by atoms with Gasteiger partial charge in [0, 0.05) is 18.7 Å². The van der Waals surface area contributed by atoms with Gasteiger partial charge in [-0.1, -0.05) is 11.6 Å². The number of amides is 2. The molecule has 2 rings (SSSR count). The molecule has 0 saturated carbocycles. The van der Waals surface area contributed by atoms with E-state index in [0.717, 1.165) is 0 Å². The van der Waals surface area contributed by atoms with Crippen LogP contribution in [0.15, 0.2) is 12.1 Å². The lowest BCUT2D eigenvalue weighted by molar-refractivity contribution is -0.120. The average molecular weight is 371 g/mol. The number of ether oxygens (including phenoxy) is 3. The van der Waals surface area contributed by atoms with E-state index < -0.39 is 11.5 Å². The Balaban J connectivity index is 2.28. The summed E-state index contributed by atoms with van der Waals surface area (Å²) in [4.78, 5) is 25.5. The van der Waals surface area contributed by atoms with Crippen LogP contribution in [-0.2, 0) is 9.53 Å². The minimum Gasteiger partial charge on any atom is -0.493 e. The lowest BCUT2D eigenvalue weighted by Crippen LogP contribution is -2.53. The van der Waals surface area contributed by atoms with E-state index in [9.17, 15) is 9.59 Å². The highest BCUT2D eigenvalue weighted by Gasteiger charge is 2.34. The number of benzene rings is 1. The standard InChI is InChI=1S/C17H23ClN2O5/c1-10-7-20(9-17(2,3)25-10)16(22)11-5-12(18)15(13(6-11)23-4)24-8-14(19)21/h5-6,10H,7-9H2,1-4H3,(H2,19,21). The van der Waals surface area contributed by atoms with Gasteiger partial charge in [0.05, 0.1) is 23.8 Å². The maximum atomic E-state index is 12.9. The molecule has 1 aliphatic rings. The summed E-state index contributed by atoms with van der Waals surface area (Å²) in [6, 6.07) is 3.04. The Morgan fingerprint density at radius 3 is 2.68 bits per heavy atom. The second kappa shape index (κ2) is 7.49. The Kier molecular flexibility index (Phi) is 5.80. The van der Waals surface area contributed by atoms with Crippen LogP contribution in [0, 0.1) is 0 Å². The molecule has 0 aromatic heterocycles. The summed E-state index contributed by atoms with van der Waals surface area (Å²) in [6.07, 6.45) is -0.0664. The van der Waals surface area contributed by atoms with Gasteiger partial charge in [0.2, 0.25) is 0 Å². The van der Waals surface area contributed by atoms with Gasteiger partial charge < -0.3 is 24.8 Å². The maximum absolute atomic E-state index is 12.9. The smallest absolute Gasteiger partial charge is 0.255 e. The predicted molar refractivity (Wildman–Crippen MR) is 93.2 cm³/mol. The number of halogens is 1. The summed E-state index contributed by atoms with van der Waals surface area (Å²) in [5.41, 5.74) is 5.02. The third-order valence-electron chi connectivity index (χ3n) is 3.69. The highest BCUT2D eigenvalue weighted by atomic mass is 35.5. The van der Waals surface area contributed by atoms with Crippen molar-refractivity contribution in [1.82, 2.24) is 4.90 Å². The first-order chi connectivity index (χ1) is 11.6. The highest BCUT2D eigenvalue weighted by molar-refractivity contribution is 6.32. The molecule has 0 aliphatic carbocycles. The van der Waals surface area contributed by atoms with E-state index in [4.69, 9.17) is 31.5 Å². The largest absolute Gasteiger partial charge is 0.493 e. The molecule has 0 spiro atoms. The monoisotopic (exact) mass is 370 g/mol. The van der Waals surface area contributed by atoms with Crippen molar-refractivity contribution in [2.75, 3.05) is 26.8 Å². The van der Waals surface area contributed by atoms with Gasteiger partial charge in [-0.05, 0) is 32.9 Å². The fraction of sp³-hybridized carbons (Fsp3) is 0.529. The van der Waals surface area contributed by atoms with Crippen molar-refractivity contribution in [2.45, 2.75) is 32.5 Å². The third kappa shape index (κ3) is 4.76. The van der Waals surface area contributed by atoms with E-state index in [1.807, 2.05) is 20.8 Å². The molecule has 2 amide bonds. The molecule has 138 valence electrons. The summed E-state index contributed by atoms with van der Waals surface area (Å²) in [6.45, 7) is 6.43. The lowest BCUT2D eigenvalue weighted by atomic mass is 10.0. The molecule has 8 heteroatoms. The maximum Gasteiger partial charge on any atom is 0.255 e. The molecule has 7 nitrogen and oxygen atoms in total. The second-order valence-electron chi connectivity index (χ2n) is 6.62. The summed E-state index contributed by atoms with van der Waals surface area (Å²) in [5.74, 6) is -0.374. The first-order valence-corrected chi connectivity index (χ1v) is 8.26. The van der Waals surface area contributed by atoms with Gasteiger partial charge in [-0.2, -0.15) is 0 Å². The van der Waals surface area contributed by atoms with Crippen LogP contribution in [0.25, 0.3) is 0 Å². The zero-order valence-corrected chi connectivity index (χ0v) is 15.6. The minimum atomic E-state index is -0.636. The SMILES string of the molecule is COc1cc(C(=O)N2CC(C)OC(C)(C)C2)cc(Cl)c1OCC(N)=O. The second-order valence-corrected chi connectivity index (χ2v) is 7.03. The van der Waals surface area contributed by atoms with Crippen LogP contribution >= 0.6 is 11.6 Å². The van der Waals surface area contributed by atoms with E-state index in [1.54, 1.807) is 4.90 Å². The topological polar surface area (TPSA) is 91.1 Å². The van der Waals surface area contributed by atoms with Crippen LogP contribution in [0.4, 0.5) is 0 Å². The van der Waals surface area contributed by atoms with Gasteiger partial charge in [-0.15, -0.1) is 0 Å². The number of nitrogens with zero attached hydrogens (tertiary/aromatic N) is 1. The average Bonchev–Trinajstić information content (AvgIpc) is 2.50. The minimum absolute atomic E-state index is 0.0664. The van der Waals surface area contributed by atoms with Gasteiger partial charge in [-0.25, -0.2) is 0 Å². The molecule has 0 radical (unpaired) electrons. The molecule has 1 atom stereocenters. The van der Waals surface area contributed by atoms with Gasteiger partial charge >= 0.3 is 0 Å². The van der Waals surface area contributed by atoms with E-state index >= 15 is 0 Å². The van der Waals surface area contributed by atoms with Gasteiger partial charge in [-0.3, -0.25) is 9.59 Å². The first-order valence-electron chi connectivity index (χ1n) is 7.88. The molecule has 2 N–H and O–H groups in total. The molecule has 25 heavy (non-hydrogen) atoms. The van der Waals surface area contributed by atoms with Gasteiger partial charge in [0.15, 0.2) is 18.1 Å². The molecule has 1 saturated heterocycles. The van der Waals surface area contributed by atoms with Crippen LogP contribution in [0.1, 0.15) is 31.1 Å². The number of hydrogen-bond donors (Lipinski definition) is 1. The Hall–Kier alpha value is -1.99. The molecule has 1 fully saturated rings. The van der Waals surface area contributed by atoms with Crippen LogP contribution < -0.4 is 15.2 Å². The lowest BCUT2D eigenvalue weighted by Gasteiger charge is -2.41. The van der Waals surface area contributed by atoms with Crippen molar-refractivity contribution in [3.63, 3.8) is 0 Å². The zero-order chi connectivity index (χ0) is 18.8. The van der Waals surface area contributed by atoms with Gasteiger partial charge in [0.1, 0.15) is 0 Å². The molecule has 1 unspecified atom stereocenters. The van der Waals surface area contributed by atoms with Crippen LogP contribution in [0.5, 0.6) is 11.5 Å².